The first-order valence-corrected chi connectivity index (χ1v) is 7.10. The number of hydrogen-bond acceptors (Lipinski definition) is 3. The van der Waals surface area contributed by atoms with Crippen molar-refractivity contribution in [2.45, 2.75) is 31.8 Å². The number of sulfonamides is 1. The Morgan fingerprint density at radius 1 is 1.29 bits per heavy atom. The van der Waals surface area contributed by atoms with Gasteiger partial charge in [0.2, 0.25) is 10.0 Å². The lowest BCUT2D eigenvalue weighted by Crippen LogP contribution is -2.27. The van der Waals surface area contributed by atoms with Gasteiger partial charge in [-0.15, -0.1) is 0 Å². The number of hydrogen-bond donors (Lipinski definition) is 1. The molecule has 0 aliphatic rings. The Labute approximate surface area is 103 Å². The number of benzene rings is 1. The third kappa shape index (κ3) is 2.86. The summed E-state index contributed by atoms with van der Waals surface area (Å²) in [6, 6.07) is 5.08. The molecule has 0 unspecified atom stereocenters. The molecule has 0 radical (unpaired) electrons. The van der Waals surface area contributed by atoms with Crippen molar-refractivity contribution < 1.29 is 13.5 Å². The summed E-state index contributed by atoms with van der Waals surface area (Å²) in [6.45, 7) is 3.98. The Morgan fingerprint density at radius 2 is 1.94 bits per heavy atom. The first-order chi connectivity index (χ1) is 7.97. The van der Waals surface area contributed by atoms with E-state index < -0.39 is 10.0 Å². The molecule has 17 heavy (non-hydrogen) atoms. The topological polar surface area (TPSA) is 57.6 Å². The second-order valence-electron chi connectivity index (χ2n) is 3.87. The van der Waals surface area contributed by atoms with Gasteiger partial charge in [-0.2, -0.15) is 0 Å². The van der Waals surface area contributed by atoms with Crippen molar-refractivity contribution in [3.05, 3.63) is 29.3 Å². The highest BCUT2D eigenvalue weighted by Crippen LogP contribution is 2.21. The molecule has 0 spiro atoms. The second kappa shape index (κ2) is 5.62. The smallest absolute Gasteiger partial charge is 0.243 e. The zero-order valence-electron chi connectivity index (χ0n) is 10.5. The van der Waals surface area contributed by atoms with Crippen molar-refractivity contribution >= 4 is 10.0 Å². The largest absolute Gasteiger partial charge is 0.392 e. The lowest BCUT2D eigenvalue weighted by molar-refractivity contribution is 0.281. The van der Waals surface area contributed by atoms with E-state index in [0.717, 1.165) is 5.56 Å². The van der Waals surface area contributed by atoms with E-state index >= 15 is 0 Å². The molecule has 0 aliphatic heterocycles. The number of rotatable bonds is 5. The Hall–Kier alpha value is -0.910. The first kappa shape index (κ1) is 14.2. The van der Waals surface area contributed by atoms with Gasteiger partial charge in [0, 0.05) is 13.6 Å². The highest BCUT2D eigenvalue weighted by atomic mass is 32.2. The summed E-state index contributed by atoms with van der Waals surface area (Å²) >= 11 is 0. The van der Waals surface area contributed by atoms with Gasteiger partial charge in [-0.25, -0.2) is 12.7 Å². The highest BCUT2D eigenvalue weighted by Gasteiger charge is 2.22. The molecule has 0 heterocycles. The molecule has 0 saturated heterocycles. The van der Waals surface area contributed by atoms with Crippen LogP contribution in [0.15, 0.2) is 23.1 Å². The number of nitrogens with zero attached hydrogens (tertiary/aromatic N) is 1. The summed E-state index contributed by atoms with van der Waals surface area (Å²) in [6.07, 6.45) is 0.651. The summed E-state index contributed by atoms with van der Waals surface area (Å²) in [5.41, 5.74) is 1.40. The van der Waals surface area contributed by atoms with E-state index in [9.17, 15) is 8.42 Å². The van der Waals surface area contributed by atoms with Crippen LogP contribution in [-0.4, -0.2) is 31.4 Å². The van der Waals surface area contributed by atoms with Gasteiger partial charge >= 0.3 is 0 Å². The molecule has 0 fully saturated rings. The highest BCUT2D eigenvalue weighted by molar-refractivity contribution is 7.89. The van der Waals surface area contributed by atoms with E-state index in [1.54, 1.807) is 32.2 Å². The third-order valence-corrected chi connectivity index (χ3v) is 4.84. The maximum atomic E-state index is 12.3. The van der Waals surface area contributed by atoms with Crippen molar-refractivity contribution in [3.8, 4) is 0 Å². The van der Waals surface area contributed by atoms with Gasteiger partial charge < -0.3 is 5.11 Å². The maximum absolute atomic E-state index is 12.3. The van der Waals surface area contributed by atoms with Gasteiger partial charge in [0.05, 0.1) is 11.5 Å². The molecule has 1 aromatic rings. The summed E-state index contributed by atoms with van der Waals surface area (Å²) in [5.74, 6) is 0. The molecular formula is C12H19NO3S. The van der Waals surface area contributed by atoms with Crippen LogP contribution in [0.5, 0.6) is 0 Å². The van der Waals surface area contributed by atoms with Crippen LogP contribution < -0.4 is 0 Å². The van der Waals surface area contributed by atoms with Gasteiger partial charge in [0.1, 0.15) is 0 Å². The first-order valence-electron chi connectivity index (χ1n) is 5.66. The van der Waals surface area contributed by atoms with E-state index in [0.29, 0.717) is 23.4 Å². The van der Waals surface area contributed by atoms with Crippen molar-refractivity contribution in [2.24, 2.45) is 0 Å². The summed E-state index contributed by atoms with van der Waals surface area (Å²) < 4.78 is 25.8. The van der Waals surface area contributed by atoms with Gasteiger partial charge in [-0.3, -0.25) is 0 Å². The number of aliphatic hydroxyl groups is 1. The molecule has 1 aromatic carbocycles. The fourth-order valence-electron chi connectivity index (χ4n) is 1.57. The molecule has 0 aromatic heterocycles. The zero-order chi connectivity index (χ0) is 13.1. The summed E-state index contributed by atoms with van der Waals surface area (Å²) in [5, 5.41) is 9.08. The fourth-order valence-corrected chi connectivity index (χ4v) is 3.09. The van der Waals surface area contributed by atoms with Crippen molar-refractivity contribution in [1.29, 1.82) is 0 Å². The minimum atomic E-state index is -3.44. The molecule has 0 bridgehead atoms. The van der Waals surface area contributed by atoms with Crippen LogP contribution in [0.2, 0.25) is 0 Å². The molecular weight excluding hydrogens is 238 g/mol. The molecule has 1 N–H and O–H groups in total. The van der Waals surface area contributed by atoms with Gasteiger partial charge in [0.15, 0.2) is 0 Å². The van der Waals surface area contributed by atoms with Crippen LogP contribution in [0, 0.1) is 0 Å². The monoisotopic (exact) mass is 257 g/mol. The third-order valence-electron chi connectivity index (χ3n) is 2.83. The minimum Gasteiger partial charge on any atom is -0.392 e. The van der Waals surface area contributed by atoms with Crippen molar-refractivity contribution in [2.75, 3.05) is 13.6 Å². The van der Waals surface area contributed by atoms with Crippen LogP contribution in [0.4, 0.5) is 0 Å². The van der Waals surface area contributed by atoms with E-state index in [1.165, 1.54) is 4.31 Å². The quantitative estimate of drug-likeness (QED) is 0.867. The standard InChI is InChI=1S/C12H19NO3S/c1-4-11-7-6-10(9-14)8-12(11)17(15,16)13(3)5-2/h6-8,14H,4-5,9H2,1-3H3. The van der Waals surface area contributed by atoms with E-state index in [-0.39, 0.29) is 6.61 Å². The average molecular weight is 257 g/mol. The molecule has 1 rings (SSSR count). The Kier molecular flexibility index (Phi) is 4.68. The molecule has 4 nitrogen and oxygen atoms in total. The fraction of sp³-hybridized carbons (Fsp3) is 0.500. The van der Waals surface area contributed by atoms with Crippen LogP contribution in [0.25, 0.3) is 0 Å². The van der Waals surface area contributed by atoms with Crippen molar-refractivity contribution in [3.63, 3.8) is 0 Å². The number of aliphatic hydroxyl groups excluding tert-OH is 1. The van der Waals surface area contributed by atoms with E-state index in [2.05, 4.69) is 0 Å². The molecule has 5 heteroatoms. The van der Waals surface area contributed by atoms with E-state index in [1.807, 2.05) is 6.92 Å². The molecule has 0 saturated carbocycles. The molecule has 0 atom stereocenters. The van der Waals surface area contributed by atoms with Crippen LogP contribution in [0.3, 0.4) is 0 Å². The lowest BCUT2D eigenvalue weighted by Gasteiger charge is -2.17. The normalized spacial score (nSPS) is 12.1. The Morgan fingerprint density at radius 3 is 2.41 bits per heavy atom. The van der Waals surface area contributed by atoms with Crippen LogP contribution >= 0.6 is 0 Å². The summed E-state index contributed by atoms with van der Waals surface area (Å²) in [7, 11) is -1.89. The zero-order valence-corrected chi connectivity index (χ0v) is 11.3. The predicted octanol–water partition coefficient (Wildman–Crippen LogP) is 1.38. The average Bonchev–Trinajstić information content (AvgIpc) is 2.36. The van der Waals surface area contributed by atoms with Gasteiger partial charge in [0.25, 0.3) is 0 Å². The second-order valence-corrected chi connectivity index (χ2v) is 5.89. The van der Waals surface area contributed by atoms with Gasteiger partial charge in [-0.05, 0) is 23.6 Å². The van der Waals surface area contributed by atoms with Crippen LogP contribution in [-0.2, 0) is 23.1 Å². The van der Waals surface area contributed by atoms with Gasteiger partial charge in [-0.1, -0.05) is 26.0 Å². The Balaban J connectivity index is 3.37. The number of aryl methyl sites for hydroxylation is 1. The Bertz CT molecular complexity index is 483. The van der Waals surface area contributed by atoms with E-state index in [4.69, 9.17) is 5.11 Å². The molecule has 96 valence electrons. The maximum Gasteiger partial charge on any atom is 0.243 e. The minimum absolute atomic E-state index is 0.150. The molecule has 0 amide bonds. The predicted molar refractivity (Wildman–Crippen MR) is 67.2 cm³/mol. The van der Waals surface area contributed by atoms with Crippen LogP contribution in [0.1, 0.15) is 25.0 Å². The van der Waals surface area contributed by atoms with Crippen molar-refractivity contribution in [1.82, 2.24) is 4.31 Å². The summed E-state index contributed by atoms with van der Waals surface area (Å²) in [4.78, 5) is 0.302. The molecule has 0 aliphatic carbocycles. The SMILES string of the molecule is CCc1ccc(CO)cc1S(=O)(=O)N(C)CC. The lowest BCUT2D eigenvalue weighted by atomic mass is 10.1.